The molecule has 4 atom stereocenters. The largest absolute Gasteiger partial charge is 0.490 e. The van der Waals surface area contributed by atoms with Crippen LogP contribution in [0.2, 0.25) is 5.02 Å². The number of nitrogens with zero attached hydrogens (tertiary/aromatic N) is 3. The molecule has 3 heterocycles. The number of aromatic amines is 1. The van der Waals surface area contributed by atoms with E-state index in [2.05, 4.69) is 9.97 Å². The SMILES string of the molecule is C[C@H]1[C@@H](O)[C@H]([n+]2cn(CCOc3ccc(Cl)cc3)c3c(=O)[nH]c(N)nc32)O[C@@H]1CO. The van der Waals surface area contributed by atoms with Gasteiger partial charge in [-0.1, -0.05) is 23.5 Å². The fraction of sp³-hybridized carbons (Fsp3) is 0.421. The Morgan fingerprint density at radius 2 is 2.13 bits per heavy atom. The molecule has 11 heteroatoms. The number of nitrogens with one attached hydrogen (secondary N) is 1. The van der Waals surface area contributed by atoms with Crippen LogP contribution in [0.3, 0.4) is 0 Å². The molecular weight excluding hydrogens is 414 g/mol. The first-order chi connectivity index (χ1) is 14.4. The number of hydrogen-bond donors (Lipinski definition) is 4. The molecule has 1 aliphatic rings. The summed E-state index contributed by atoms with van der Waals surface area (Å²) in [6.45, 7) is 2.18. The average molecular weight is 437 g/mol. The van der Waals surface area contributed by atoms with Crippen LogP contribution in [0, 0.1) is 5.92 Å². The summed E-state index contributed by atoms with van der Waals surface area (Å²) >= 11 is 5.88. The van der Waals surface area contributed by atoms with Gasteiger partial charge in [0.05, 0.1) is 12.7 Å². The first-order valence-corrected chi connectivity index (χ1v) is 9.89. The standard InChI is InChI=1S/C19H22ClN5O5/c1-10-13(8-26)30-18(15(10)27)25-9-24(14-16(25)22-19(21)23-17(14)28)6-7-29-12-4-2-11(20)3-5-12/h2-5,9-10,13,15,18,26-27H,6-8H2,1H3,(H2-,21,22,23,28)/p+1/t10-,13-,15-,18-/m1/s1. The molecule has 0 saturated carbocycles. The predicted molar refractivity (Wildman–Crippen MR) is 108 cm³/mol. The minimum Gasteiger partial charge on any atom is -0.490 e. The van der Waals surface area contributed by atoms with E-state index in [1.54, 1.807) is 46.7 Å². The summed E-state index contributed by atoms with van der Waals surface area (Å²) < 4.78 is 14.8. The number of ether oxygens (including phenoxy) is 2. The molecule has 5 N–H and O–H groups in total. The molecule has 1 aromatic carbocycles. The number of aliphatic hydroxyl groups is 2. The first kappa shape index (κ1) is 20.6. The molecule has 1 fully saturated rings. The minimum atomic E-state index is -0.890. The molecule has 1 aliphatic heterocycles. The van der Waals surface area contributed by atoms with E-state index in [9.17, 15) is 15.0 Å². The Bertz CT molecular complexity index is 1100. The molecule has 3 aromatic rings. The number of H-pyrrole nitrogens is 1. The average Bonchev–Trinajstić information content (AvgIpc) is 3.21. The number of halogens is 1. The Hall–Kier alpha value is -2.66. The second-order valence-corrected chi connectivity index (χ2v) is 7.68. The summed E-state index contributed by atoms with van der Waals surface area (Å²) in [5.41, 5.74) is 5.88. The maximum absolute atomic E-state index is 12.6. The third-order valence-corrected chi connectivity index (χ3v) is 5.54. The number of benzene rings is 1. The maximum atomic E-state index is 12.6. The number of hydrogen-bond acceptors (Lipinski definition) is 7. The highest BCUT2D eigenvalue weighted by Crippen LogP contribution is 2.31. The number of rotatable bonds is 6. The molecule has 1 saturated heterocycles. The van der Waals surface area contributed by atoms with Crippen LogP contribution in [0.4, 0.5) is 5.95 Å². The van der Waals surface area contributed by atoms with Crippen molar-refractivity contribution in [1.82, 2.24) is 14.5 Å². The lowest BCUT2D eigenvalue weighted by molar-refractivity contribution is -0.746. The summed E-state index contributed by atoms with van der Waals surface area (Å²) in [5, 5.41) is 20.7. The topological polar surface area (TPSA) is 140 Å². The van der Waals surface area contributed by atoms with Crippen molar-refractivity contribution in [2.45, 2.75) is 31.9 Å². The molecule has 4 rings (SSSR count). The van der Waals surface area contributed by atoms with Gasteiger partial charge in [0, 0.05) is 10.9 Å². The van der Waals surface area contributed by atoms with Crippen LogP contribution in [-0.2, 0) is 11.3 Å². The van der Waals surface area contributed by atoms with Crippen LogP contribution in [0.1, 0.15) is 13.2 Å². The van der Waals surface area contributed by atoms with E-state index in [0.717, 1.165) is 0 Å². The number of fused-ring (bicyclic) bond motifs is 1. The Balaban J connectivity index is 1.65. The van der Waals surface area contributed by atoms with Gasteiger partial charge in [-0.2, -0.15) is 0 Å². The Labute approximate surface area is 176 Å². The zero-order valence-electron chi connectivity index (χ0n) is 16.2. The molecule has 0 spiro atoms. The monoisotopic (exact) mass is 436 g/mol. The molecule has 2 aromatic heterocycles. The lowest BCUT2D eigenvalue weighted by Crippen LogP contribution is -2.45. The lowest BCUT2D eigenvalue weighted by Gasteiger charge is -2.12. The van der Waals surface area contributed by atoms with Gasteiger partial charge in [0.2, 0.25) is 11.7 Å². The van der Waals surface area contributed by atoms with Crippen molar-refractivity contribution in [2.24, 2.45) is 5.92 Å². The number of nitrogens with two attached hydrogens (primary N) is 1. The normalized spacial score (nSPS) is 23.9. The van der Waals surface area contributed by atoms with Crippen LogP contribution >= 0.6 is 11.6 Å². The molecular formula is C19H23ClN5O5+. The molecule has 10 nitrogen and oxygen atoms in total. The van der Waals surface area contributed by atoms with Crippen molar-refractivity contribution in [1.29, 1.82) is 0 Å². The van der Waals surface area contributed by atoms with Crippen LogP contribution < -0.4 is 20.6 Å². The van der Waals surface area contributed by atoms with E-state index in [0.29, 0.717) is 17.3 Å². The van der Waals surface area contributed by atoms with Crippen molar-refractivity contribution >= 4 is 28.7 Å². The van der Waals surface area contributed by atoms with E-state index < -0.39 is 24.0 Å². The van der Waals surface area contributed by atoms with Gasteiger partial charge in [0.15, 0.2) is 6.33 Å². The molecule has 0 unspecified atom stereocenters. The van der Waals surface area contributed by atoms with Gasteiger partial charge >= 0.3 is 5.65 Å². The Morgan fingerprint density at radius 1 is 1.40 bits per heavy atom. The lowest BCUT2D eigenvalue weighted by atomic mass is 10.0. The maximum Gasteiger partial charge on any atom is 0.313 e. The van der Waals surface area contributed by atoms with E-state index in [1.165, 1.54) is 0 Å². The number of aromatic nitrogens is 4. The predicted octanol–water partition coefficient (Wildman–Crippen LogP) is 0.213. The number of anilines is 1. The van der Waals surface area contributed by atoms with Crippen molar-refractivity contribution in [3.63, 3.8) is 0 Å². The smallest absolute Gasteiger partial charge is 0.313 e. The van der Waals surface area contributed by atoms with Gasteiger partial charge in [-0.05, 0) is 24.3 Å². The summed E-state index contributed by atoms with van der Waals surface area (Å²) in [7, 11) is 0. The third-order valence-electron chi connectivity index (χ3n) is 5.29. The van der Waals surface area contributed by atoms with Gasteiger partial charge in [-0.25, -0.2) is 4.57 Å². The highest BCUT2D eigenvalue weighted by molar-refractivity contribution is 6.30. The molecule has 0 bridgehead atoms. The van der Waals surface area contributed by atoms with E-state index >= 15 is 0 Å². The van der Waals surface area contributed by atoms with Crippen molar-refractivity contribution < 1.29 is 24.3 Å². The van der Waals surface area contributed by atoms with Crippen LogP contribution in [0.5, 0.6) is 5.75 Å². The van der Waals surface area contributed by atoms with E-state index in [1.807, 2.05) is 0 Å². The van der Waals surface area contributed by atoms with E-state index in [-0.39, 0.29) is 36.2 Å². The van der Waals surface area contributed by atoms with Gasteiger partial charge in [0.25, 0.3) is 11.5 Å². The van der Waals surface area contributed by atoms with Gasteiger partial charge in [0.1, 0.15) is 25.0 Å². The highest BCUT2D eigenvalue weighted by atomic mass is 35.5. The Kier molecular flexibility index (Phi) is 5.65. The Morgan fingerprint density at radius 3 is 2.80 bits per heavy atom. The van der Waals surface area contributed by atoms with Crippen LogP contribution in [0.25, 0.3) is 11.2 Å². The fourth-order valence-electron chi connectivity index (χ4n) is 3.62. The molecule has 30 heavy (non-hydrogen) atoms. The van der Waals surface area contributed by atoms with E-state index in [4.69, 9.17) is 26.8 Å². The number of nitrogen functional groups attached to an aromatic ring is 1. The summed E-state index contributed by atoms with van der Waals surface area (Å²) in [6, 6.07) is 6.96. The second kappa shape index (κ2) is 8.23. The third kappa shape index (κ3) is 3.74. The molecule has 0 radical (unpaired) electrons. The zero-order chi connectivity index (χ0) is 21.4. The zero-order valence-corrected chi connectivity index (χ0v) is 17.0. The number of imidazole rings is 1. The van der Waals surface area contributed by atoms with Crippen molar-refractivity contribution in [3.05, 3.63) is 46.0 Å². The van der Waals surface area contributed by atoms with Gasteiger partial charge in [-0.3, -0.25) is 14.3 Å². The van der Waals surface area contributed by atoms with Crippen molar-refractivity contribution in [2.75, 3.05) is 18.9 Å². The summed E-state index contributed by atoms with van der Waals surface area (Å²) in [6.07, 6.45) is -0.591. The summed E-state index contributed by atoms with van der Waals surface area (Å²) in [4.78, 5) is 19.3. The minimum absolute atomic E-state index is 0.0457. The number of aliphatic hydroxyl groups excluding tert-OH is 2. The first-order valence-electron chi connectivity index (χ1n) is 9.51. The quantitative estimate of drug-likeness (QED) is 0.405. The summed E-state index contributed by atoms with van der Waals surface area (Å²) in [5.74, 6) is 0.309. The molecule has 0 aliphatic carbocycles. The second-order valence-electron chi connectivity index (χ2n) is 7.24. The molecule has 0 amide bonds. The highest BCUT2D eigenvalue weighted by Gasteiger charge is 2.45. The van der Waals surface area contributed by atoms with Crippen LogP contribution in [-0.4, -0.2) is 50.2 Å². The molecule has 160 valence electrons. The van der Waals surface area contributed by atoms with Crippen molar-refractivity contribution in [3.8, 4) is 5.75 Å². The van der Waals surface area contributed by atoms with Gasteiger partial charge in [-0.15, -0.1) is 0 Å². The van der Waals surface area contributed by atoms with Gasteiger partial charge < -0.3 is 25.4 Å². The fourth-order valence-corrected chi connectivity index (χ4v) is 3.75. The van der Waals surface area contributed by atoms with Crippen LogP contribution in [0.15, 0.2) is 35.4 Å².